The van der Waals surface area contributed by atoms with Gasteiger partial charge in [-0.1, -0.05) is 11.6 Å². The Hall–Kier alpha value is -2.14. The predicted molar refractivity (Wildman–Crippen MR) is 74.4 cm³/mol. The fourth-order valence-corrected chi connectivity index (χ4v) is 2.26. The van der Waals surface area contributed by atoms with Crippen LogP contribution in [0.5, 0.6) is 0 Å². The van der Waals surface area contributed by atoms with E-state index in [1.807, 2.05) is 6.07 Å². The number of amides is 1. The molecule has 0 fully saturated rings. The van der Waals surface area contributed by atoms with Crippen molar-refractivity contribution in [1.82, 2.24) is 9.97 Å². The number of rotatable bonds is 1. The zero-order valence-corrected chi connectivity index (χ0v) is 11.0. The molecule has 2 heterocycles. The van der Waals surface area contributed by atoms with Crippen molar-refractivity contribution in [2.45, 2.75) is 6.42 Å². The molecule has 0 unspecified atom stereocenters. The summed E-state index contributed by atoms with van der Waals surface area (Å²) >= 11 is 5.97. The van der Waals surface area contributed by atoms with Crippen molar-refractivity contribution in [2.24, 2.45) is 0 Å². The van der Waals surface area contributed by atoms with Crippen LogP contribution in [0, 0.1) is 0 Å². The van der Waals surface area contributed by atoms with Gasteiger partial charge in [0.05, 0.1) is 17.8 Å². The van der Waals surface area contributed by atoms with Crippen molar-refractivity contribution < 1.29 is 4.79 Å². The molecular formula is C13H11ClN4O. The molecular weight excluding hydrogens is 264 g/mol. The maximum Gasteiger partial charge on any atom is 0.228 e. The Labute approximate surface area is 115 Å². The van der Waals surface area contributed by atoms with E-state index in [4.69, 9.17) is 11.6 Å². The van der Waals surface area contributed by atoms with E-state index in [9.17, 15) is 4.79 Å². The summed E-state index contributed by atoms with van der Waals surface area (Å²) in [6, 6.07) is 5.36. The Morgan fingerprint density at radius 1 is 1.42 bits per heavy atom. The molecule has 0 aliphatic carbocycles. The first-order valence-electron chi connectivity index (χ1n) is 5.81. The van der Waals surface area contributed by atoms with E-state index in [2.05, 4.69) is 20.6 Å². The van der Waals surface area contributed by atoms with Crippen LogP contribution in [0.3, 0.4) is 0 Å². The molecule has 0 radical (unpaired) electrons. The van der Waals surface area contributed by atoms with Crippen LogP contribution in [0.25, 0.3) is 11.3 Å². The molecule has 2 N–H and O–H groups in total. The van der Waals surface area contributed by atoms with Crippen molar-refractivity contribution >= 4 is 29.1 Å². The van der Waals surface area contributed by atoms with Gasteiger partial charge >= 0.3 is 0 Å². The summed E-state index contributed by atoms with van der Waals surface area (Å²) in [6.07, 6.45) is 1.93. The third-order valence-electron chi connectivity index (χ3n) is 2.95. The molecule has 2 aromatic rings. The SMILES string of the molecule is CNc1ncc2c(n1)-c1ccc(Cl)cc1NC(=O)C2. The van der Waals surface area contributed by atoms with Gasteiger partial charge in [-0.25, -0.2) is 9.97 Å². The van der Waals surface area contributed by atoms with Gasteiger partial charge in [-0.3, -0.25) is 4.79 Å². The average Bonchev–Trinajstić information content (AvgIpc) is 2.52. The van der Waals surface area contributed by atoms with E-state index in [1.165, 1.54) is 0 Å². The van der Waals surface area contributed by atoms with Gasteiger partial charge in [0.15, 0.2) is 0 Å². The summed E-state index contributed by atoms with van der Waals surface area (Å²) in [4.78, 5) is 20.4. The van der Waals surface area contributed by atoms with Crippen LogP contribution >= 0.6 is 11.6 Å². The Balaban J connectivity index is 2.26. The molecule has 1 aliphatic heterocycles. The zero-order chi connectivity index (χ0) is 13.4. The third kappa shape index (κ3) is 2.13. The van der Waals surface area contributed by atoms with E-state index in [0.717, 1.165) is 16.8 Å². The Morgan fingerprint density at radius 3 is 3.05 bits per heavy atom. The van der Waals surface area contributed by atoms with Gasteiger partial charge in [-0.15, -0.1) is 0 Å². The lowest BCUT2D eigenvalue weighted by molar-refractivity contribution is -0.115. The monoisotopic (exact) mass is 274 g/mol. The number of fused-ring (bicyclic) bond motifs is 3. The first-order chi connectivity index (χ1) is 9.17. The Bertz CT molecular complexity index is 672. The molecule has 0 spiro atoms. The summed E-state index contributed by atoms with van der Waals surface area (Å²) < 4.78 is 0. The molecule has 1 aromatic carbocycles. The van der Waals surface area contributed by atoms with Crippen LogP contribution in [0.2, 0.25) is 5.02 Å². The first-order valence-corrected chi connectivity index (χ1v) is 6.18. The van der Waals surface area contributed by atoms with Crippen LogP contribution in [0.4, 0.5) is 11.6 Å². The topological polar surface area (TPSA) is 66.9 Å². The number of aromatic nitrogens is 2. The summed E-state index contributed by atoms with van der Waals surface area (Å²) in [6.45, 7) is 0. The summed E-state index contributed by atoms with van der Waals surface area (Å²) in [5.74, 6) is 0.428. The predicted octanol–water partition coefficient (Wildman–Crippen LogP) is 2.33. The number of benzene rings is 1. The molecule has 5 nitrogen and oxygen atoms in total. The molecule has 0 bridgehead atoms. The summed E-state index contributed by atoms with van der Waals surface area (Å²) in [7, 11) is 1.75. The lowest BCUT2D eigenvalue weighted by atomic mass is 10.1. The van der Waals surface area contributed by atoms with Crippen LogP contribution < -0.4 is 10.6 Å². The molecule has 1 aliphatic rings. The highest BCUT2D eigenvalue weighted by Crippen LogP contribution is 2.34. The first kappa shape index (κ1) is 11.9. The van der Waals surface area contributed by atoms with Crippen LogP contribution in [0.1, 0.15) is 5.56 Å². The zero-order valence-electron chi connectivity index (χ0n) is 10.2. The minimum absolute atomic E-state index is 0.0944. The van der Waals surface area contributed by atoms with Crippen molar-refractivity contribution in [3.8, 4) is 11.3 Å². The normalized spacial score (nSPS) is 13.1. The molecule has 1 amide bonds. The lowest BCUT2D eigenvalue weighted by Gasteiger charge is -2.09. The minimum atomic E-state index is -0.0944. The highest BCUT2D eigenvalue weighted by molar-refractivity contribution is 6.31. The van der Waals surface area contributed by atoms with Gasteiger partial charge in [0.2, 0.25) is 11.9 Å². The second kappa shape index (κ2) is 4.51. The quantitative estimate of drug-likeness (QED) is 0.838. The van der Waals surface area contributed by atoms with Crippen LogP contribution in [0.15, 0.2) is 24.4 Å². The Morgan fingerprint density at radius 2 is 2.26 bits per heavy atom. The average molecular weight is 275 g/mol. The van der Waals surface area contributed by atoms with E-state index in [1.54, 1.807) is 25.4 Å². The van der Waals surface area contributed by atoms with E-state index in [-0.39, 0.29) is 12.3 Å². The van der Waals surface area contributed by atoms with E-state index < -0.39 is 0 Å². The van der Waals surface area contributed by atoms with Crippen molar-refractivity contribution in [2.75, 3.05) is 17.7 Å². The fourth-order valence-electron chi connectivity index (χ4n) is 2.08. The maximum atomic E-state index is 11.8. The second-order valence-corrected chi connectivity index (χ2v) is 4.67. The molecule has 0 saturated carbocycles. The molecule has 96 valence electrons. The molecule has 0 saturated heterocycles. The number of nitrogens with one attached hydrogen (secondary N) is 2. The number of hydrogen-bond donors (Lipinski definition) is 2. The molecule has 19 heavy (non-hydrogen) atoms. The van der Waals surface area contributed by atoms with Gasteiger partial charge in [-0.05, 0) is 18.2 Å². The van der Waals surface area contributed by atoms with E-state index in [0.29, 0.717) is 16.7 Å². The summed E-state index contributed by atoms with van der Waals surface area (Å²) in [5.41, 5.74) is 3.09. The highest BCUT2D eigenvalue weighted by Gasteiger charge is 2.20. The summed E-state index contributed by atoms with van der Waals surface area (Å²) in [5, 5.41) is 6.31. The smallest absolute Gasteiger partial charge is 0.228 e. The number of hydrogen-bond acceptors (Lipinski definition) is 4. The van der Waals surface area contributed by atoms with Crippen molar-refractivity contribution in [1.29, 1.82) is 0 Å². The van der Waals surface area contributed by atoms with Crippen LogP contribution in [-0.2, 0) is 11.2 Å². The van der Waals surface area contributed by atoms with Gasteiger partial charge in [0.25, 0.3) is 0 Å². The van der Waals surface area contributed by atoms with Crippen molar-refractivity contribution in [3.63, 3.8) is 0 Å². The number of carbonyl (C=O) groups is 1. The second-order valence-electron chi connectivity index (χ2n) is 4.23. The number of nitrogens with zero attached hydrogens (tertiary/aromatic N) is 2. The third-order valence-corrected chi connectivity index (χ3v) is 3.19. The van der Waals surface area contributed by atoms with Crippen molar-refractivity contribution in [3.05, 3.63) is 35.0 Å². The molecule has 0 atom stereocenters. The lowest BCUT2D eigenvalue weighted by Crippen LogP contribution is -2.12. The molecule has 1 aromatic heterocycles. The van der Waals surface area contributed by atoms with E-state index >= 15 is 0 Å². The fraction of sp³-hybridized carbons (Fsp3) is 0.154. The standard InChI is InChI=1S/C13H11ClN4O/c1-15-13-16-6-7-4-11(19)17-10-5-8(14)2-3-9(10)12(7)18-13/h2-3,5-6H,4H2,1H3,(H,17,19)(H,15,16,18). The van der Waals surface area contributed by atoms with Crippen LogP contribution in [-0.4, -0.2) is 22.9 Å². The van der Waals surface area contributed by atoms with Gasteiger partial charge < -0.3 is 10.6 Å². The number of halogens is 1. The minimum Gasteiger partial charge on any atom is -0.357 e. The number of anilines is 2. The van der Waals surface area contributed by atoms with Gasteiger partial charge in [-0.2, -0.15) is 0 Å². The molecule has 3 rings (SSSR count). The van der Waals surface area contributed by atoms with Gasteiger partial charge in [0.1, 0.15) is 0 Å². The Kier molecular flexibility index (Phi) is 2.83. The van der Waals surface area contributed by atoms with Gasteiger partial charge in [0, 0.05) is 29.4 Å². The highest BCUT2D eigenvalue weighted by atomic mass is 35.5. The molecule has 6 heteroatoms. The largest absolute Gasteiger partial charge is 0.357 e. The maximum absolute atomic E-state index is 11.8. The number of carbonyl (C=O) groups excluding carboxylic acids is 1.